The van der Waals surface area contributed by atoms with Gasteiger partial charge in [-0.15, -0.1) is 0 Å². The molecule has 0 saturated carbocycles. The molecular weight excluding hydrogens is 450 g/mol. The van der Waals surface area contributed by atoms with Crippen LogP contribution in [0.4, 0.5) is 0 Å². The Labute approximate surface area is 212 Å². The molecule has 1 aromatic heterocycles. The molecule has 36 heavy (non-hydrogen) atoms. The zero-order valence-corrected chi connectivity index (χ0v) is 21.0. The summed E-state index contributed by atoms with van der Waals surface area (Å²) in [6, 6.07) is 15.3. The average molecular weight is 484 g/mol. The molecular formula is C30H33N3O3. The fourth-order valence-corrected chi connectivity index (χ4v) is 7.62. The molecule has 4 aliphatic rings. The third-order valence-electron chi connectivity index (χ3n) is 9.18. The fraction of sp³-hybridized carbons (Fsp3) is 0.433. The smallest absolute Gasteiger partial charge is 0.166 e. The lowest BCUT2D eigenvalue weighted by Gasteiger charge is -2.64. The Morgan fingerprint density at radius 1 is 1.19 bits per heavy atom. The predicted molar refractivity (Wildman–Crippen MR) is 138 cm³/mol. The largest absolute Gasteiger partial charge is 0.493 e. The highest BCUT2D eigenvalue weighted by Gasteiger charge is 2.72. The summed E-state index contributed by atoms with van der Waals surface area (Å²) in [6.45, 7) is 1.75. The molecule has 6 heteroatoms. The van der Waals surface area contributed by atoms with Gasteiger partial charge < -0.3 is 24.1 Å². The van der Waals surface area contributed by atoms with Gasteiger partial charge in [0.05, 0.1) is 30.7 Å². The van der Waals surface area contributed by atoms with Crippen molar-refractivity contribution in [3.8, 4) is 11.5 Å². The molecule has 0 amide bonds. The van der Waals surface area contributed by atoms with Gasteiger partial charge in [0.2, 0.25) is 0 Å². The van der Waals surface area contributed by atoms with Crippen molar-refractivity contribution in [2.75, 3.05) is 27.3 Å². The number of aromatic amines is 1. The summed E-state index contributed by atoms with van der Waals surface area (Å²) >= 11 is 0. The molecule has 2 bridgehead atoms. The SMILES string of the molecule is COc1ccc2c3c1O[C@H]1C(c4cnc[nH]4)=CC[C@@]4(OCCCc5ccccc5)[C@@H](C2)N(C)CC[C@]314. The molecule has 4 atom stereocenters. The van der Waals surface area contributed by atoms with Crippen LogP contribution in [0.15, 0.2) is 61.1 Å². The Hall–Kier alpha value is -3.09. The summed E-state index contributed by atoms with van der Waals surface area (Å²) in [7, 11) is 4.00. The Balaban J connectivity index is 1.34. The van der Waals surface area contributed by atoms with Crippen molar-refractivity contribution in [2.24, 2.45) is 0 Å². The van der Waals surface area contributed by atoms with Crippen LogP contribution < -0.4 is 9.47 Å². The van der Waals surface area contributed by atoms with E-state index in [9.17, 15) is 0 Å². The standard InChI is InChI=1S/C30H33N3O3/c1-33-15-14-29-26-21-10-11-24(34-2)27(26)36-28(29)22(23-18-31-19-32-23)12-13-30(29,25(33)17-21)35-16-6-9-20-7-4-3-5-8-20/h3-5,7-8,10-12,18-19,25,28H,6,9,13-17H2,1-2H3,(H,31,32)/t25-,28+,29+,30-/m1/s1. The van der Waals surface area contributed by atoms with Crippen LogP contribution in [0.2, 0.25) is 0 Å². The highest BCUT2D eigenvalue weighted by Crippen LogP contribution is 2.67. The monoisotopic (exact) mass is 483 g/mol. The van der Waals surface area contributed by atoms with Gasteiger partial charge in [0.25, 0.3) is 0 Å². The molecule has 1 spiro atoms. The van der Waals surface area contributed by atoms with E-state index in [1.54, 1.807) is 13.4 Å². The number of hydrogen-bond acceptors (Lipinski definition) is 5. The third-order valence-corrected chi connectivity index (χ3v) is 9.18. The summed E-state index contributed by atoms with van der Waals surface area (Å²) in [6.07, 6.45) is 10.7. The fourth-order valence-electron chi connectivity index (χ4n) is 7.62. The number of benzene rings is 2. The van der Waals surface area contributed by atoms with Crippen LogP contribution in [0.5, 0.6) is 11.5 Å². The van der Waals surface area contributed by atoms with Crippen LogP contribution in [0.3, 0.4) is 0 Å². The highest BCUT2D eigenvalue weighted by atomic mass is 16.5. The Kier molecular flexibility index (Phi) is 5.05. The molecule has 2 aromatic carbocycles. The van der Waals surface area contributed by atoms with Gasteiger partial charge in [0.1, 0.15) is 11.7 Å². The lowest BCUT2D eigenvalue weighted by Crippen LogP contribution is -2.75. The average Bonchev–Trinajstić information content (AvgIpc) is 3.56. The van der Waals surface area contributed by atoms with Crippen molar-refractivity contribution in [1.82, 2.24) is 14.9 Å². The number of ether oxygens (including phenoxy) is 3. The van der Waals surface area contributed by atoms with Crippen molar-refractivity contribution < 1.29 is 14.2 Å². The molecule has 6 nitrogen and oxygen atoms in total. The van der Waals surface area contributed by atoms with E-state index in [0.29, 0.717) is 6.04 Å². The van der Waals surface area contributed by atoms with E-state index in [-0.39, 0.29) is 17.1 Å². The van der Waals surface area contributed by atoms with Crippen LogP contribution in [-0.2, 0) is 23.0 Å². The summed E-state index contributed by atoms with van der Waals surface area (Å²) in [5.74, 6) is 1.73. The van der Waals surface area contributed by atoms with E-state index in [4.69, 9.17) is 14.2 Å². The highest BCUT2D eigenvalue weighted by molar-refractivity contribution is 5.77. The Bertz CT molecular complexity index is 1300. The number of rotatable bonds is 7. The van der Waals surface area contributed by atoms with E-state index in [2.05, 4.69) is 70.5 Å². The molecule has 0 radical (unpaired) electrons. The summed E-state index contributed by atoms with van der Waals surface area (Å²) in [4.78, 5) is 10.2. The number of aromatic nitrogens is 2. The number of methoxy groups -OCH3 is 1. The number of likely N-dealkylation sites (N-methyl/N-ethyl adjacent to an activating group) is 1. The van der Waals surface area contributed by atoms with Crippen LogP contribution in [-0.4, -0.2) is 59.9 Å². The quantitative estimate of drug-likeness (QED) is 0.500. The van der Waals surface area contributed by atoms with Crippen molar-refractivity contribution >= 4 is 5.57 Å². The van der Waals surface area contributed by atoms with Crippen molar-refractivity contribution in [2.45, 2.75) is 55.3 Å². The summed E-state index contributed by atoms with van der Waals surface area (Å²) < 4.78 is 19.9. The minimum absolute atomic E-state index is 0.137. The summed E-state index contributed by atoms with van der Waals surface area (Å²) in [5.41, 5.74) is 5.66. The number of imidazole rings is 1. The first-order valence-electron chi connectivity index (χ1n) is 13.1. The molecule has 1 saturated heterocycles. The van der Waals surface area contributed by atoms with E-state index in [1.807, 2.05) is 6.20 Å². The number of aryl methyl sites for hydroxylation is 1. The van der Waals surface area contributed by atoms with Crippen molar-refractivity contribution in [1.29, 1.82) is 0 Å². The van der Waals surface area contributed by atoms with Crippen molar-refractivity contribution in [3.63, 3.8) is 0 Å². The second-order valence-corrected chi connectivity index (χ2v) is 10.7. The van der Waals surface area contributed by atoms with Gasteiger partial charge in [-0.3, -0.25) is 0 Å². The predicted octanol–water partition coefficient (Wildman–Crippen LogP) is 4.55. The number of nitrogens with zero attached hydrogens (tertiary/aromatic N) is 2. The maximum absolute atomic E-state index is 7.19. The number of H-pyrrole nitrogens is 1. The zero-order valence-electron chi connectivity index (χ0n) is 21.0. The maximum Gasteiger partial charge on any atom is 0.166 e. The third kappa shape index (κ3) is 2.88. The first kappa shape index (κ1) is 22.1. The Morgan fingerprint density at radius 2 is 2.08 bits per heavy atom. The van der Waals surface area contributed by atoms with E-state index >= 15 is 0 Å². The summed E-state index contributed by atoms with van der Waals surface area (Å²) in [5, 5.41) is 0. The van der Waals surface area contributed by atoms with E-state index in [1.165, 1.54) is 22.3 Å². The molecule has 1 fully saturated rings. The van der Waals surface area contributed by atoms with Gasteiger partial charge in [-0.05, 0) is 62.9 Å². The van der Waals surface area contributed by atoms with Gasteiger partial charge in [-0.25, -0.2) is 4.98 Å². The van der Waals surface area contributed by atoms with Gasteiger partial charge in [0.15, 0.2) is 11.5 Å². The minimum atomic E-state index is -0.352. The van der Waals surface area contributed by atoms with Crippen molar-refractivity contribution in [3.05, 3.63) is 83.4 Å². The lowest BCUT2D eigenvalue weighted by atomic mass is 9.49. The lowest BCUT2D eigenvalue weighted by molar-refractivity contribution is -0.189. The van der Waals surface area contributed by atoms with Crippen LogP contribution in [0, 0.1) is 0 Å². The van der Waals surface area contributed by atoms with Crippen LogP contribution >= 0.6 is 0 Å². The molecule has 7 rings (SSSR count). The molecule has 186 valence electrons. The number of likely N-dealkylation sites (tertiary alicyclic amines) is 1. The molecule has 0 unspecified atom stereocenters. The second kappa shape index (κ2) is 8.22. The molecule has 1 N–H and O–H groups in total. The molecule has 2 aliphatic carbocycles. The number of nitrogens with one attached hydrogen (secondary N) is 1. The molecule has 3 heterocycles. The number of hydrogen-bond donors (Lipinski definition) is 1. The zero-order chi connectivity index (χ0) is 24.3. The minimum Gasteiger partial charge on any atom is -0.493 e. The number of piperidine rings is 1. The molecule has 2 aliphatic heterocycles. The molecule has 3 aromatic rings. The first-order valence-corrected chi connectivity index (χ1v) is 13.1. The second-order valence-electron chi connectivity index (χ2n) is 10.7. The normalized spacial score (nSPS) is 29.9. The Morgan fingerprint density at radius 3 is 2.89 bits per heavy atom. The van der Waals surface area contributed by atoms with Gasteiger partial charge in [-0.2, -0.15) is 0 Å². The van der Waals surface area contributed by atoms with Crippen LogP contribution in [0.25, 0.3) is 5.57 Å². The topological polar surface area (TPSA) is 59.6 Å². The van der Waals surface area contributed by atoms with Gasteiger partial charge in [0, 0.05) is 23.8 Å². The van der Waals surface area contributed by atoms with Crippen LogP contribution in [0.1, 0.15) is 41.6 Å². The maximum atomic E-state index is 7.19. The van der Waals surface area contributed by atoms with E-state index in [0.717, 1.165) is 62.4 Å². The first-order chi connectivity index (χ1) is 17.7. The van der Waals surface area contributed by atoms with Gasteiger partial charge >= 0.3 is 0 Å². The van der Waals surface area contributed by atoms with Gasteiger partial charge in [-0.1, -0.05) is 42.5 Å². The van der Waals surface area contributed by atoms with E-state index < -0.39 is 0 Å².